The monoisotopic (exact) mass is 297 g/mol. The van der Waals surface area contributed by atoms with Crippen molar-refractivity contribution in [2.45, 2.75) is 13.0 Å². The minimum atomic E-state index is -0.259. The van der Waals surface area contributed by atoms with E-state index in [1.165, 1.54) is 12.1 Å². The number of carbonyl (C=O) groups excluding carboxylic acids is 1. The first-order chi connectivity index (χ1) is 9.38. The molecule has 0 fully saturated rings. The molecule has 20 heavy (non-hydrogen) atoms. The SMILES string of the molecule is CN(CC(=O)N(C)CCC(N)=S)Cc1ccc(F)cc1. The molecule has 1 amide bonds. The molecule has 0 atom stereocenters. The van der Waals surface area contributed by atoms with Gasteiger partial charge in [-0.15, -0.1) is 0 Å². The number of halogens is 1. The molecule has 1 aromatic rings. The van der Waals surface area contributed by atoms with Crippen molar-refractivity contribution in [3.63, 3.8) is 0 Å². The van der Waals surface area contributed by atoms with Gasteiger partial charge in [0.1, 0.15) is 5.82 Å². The van der Waals surface area contributed by atoms with Crippen LogP contribution in [0.2, 0.25) is 0 Å². The van der Waals surface area contributed by atoms with E-state index < -0.39 is 0 Å². The number of thiocarbonyl (C=S) groups is 1. The smallest absolute Gasteiger partial charge is 0.236 e. The number of nitrogens with zero attached hydrogens (tertiary/aromatic N) is 2. The lowest BCUT2D eigenvalue weighted by atomic mass is 10.2. The van der Waals surface area contributed by atoms with Gasteiger partial charge in [0.2, 0.25) is 5.91 Å². The van der Waals surface area contributed by atoms with Crippen LogP contribution in [0.4, 0.5) is 4.39 Å². The summed E-state index contributed by atoms with van der Waals surface area (Å²) in [6.07, 6.45) is 0.527. The van der Waals surface area contributed by atoms with Crippen LogP contribution in [0.15, 0.2) is 24.3 Å². The molecule has 4 nitrogen and oxygen atoms in total. The Morgan fingerprint density at radius 1 is 1.30 bits per heavy atom. The van der Waals surface area contributed by atoms with Gasteiger partial charge >= 0.3 is 0 Å². The van der Waals surface area contributed by atoms with Gasteiger partial charge in [-0.3, -0.25) is 9.69 Å². The zero-order valence-electron chi connectivity index (χ0n) is 11.8. The number of nitrogens with two attached hydrogens (primary N) is 1. The van der Waals surface area contributed by atoms with Crippen LogP contribution in [0, 0.1) is 5.82 Å². The van der Waals surface area contributed by atoms with Crippen LogP contribution in [0.3, 0.4) is 0 Å². The van der Waals surface area contributed by atoms with Crippen LogP contribution in [-0.4, -0.2) is 47.9 Å². The van der Waals surface area contributed by atoms with E-state index in [9.17, 15) is 9.18 Å². The summed E-state index contributed by atoms with van der Waals surface area (Å²) in [6.45, 7) is 1.42. The van der Waals surface area contributed by atoms with Crippen LogP contribution < -0.4 is 5.73 Å². The lowest BCUT2D eigenvalue weighted by molar-refractivity contribution is -0.130. The Morgan fingerprint density at radius 2 is 1.90 bits per heavy atom. The van der Waals surface area contributed by atoms with Crippen molar-refractivity contribution in [1.29, 1.82) is 0 Å². The summed E-state index contributed by atoms with van der Waals surface area (Å²) in [5.41, 5.74) is 6.37. The van der Waals surface area contributed by atoms with Crippen molar-refractivity contribution in [3.05, 3.63) is 35.6 Å². The van der Waals surface area contributed by atoms with E-state index >= 15 is 0 Å². The van der Waals surface area contributed by atoms with Crippen molar-refractivity contribution in [2.75, 3.05) is 27.2 Å². The molecule has 2 N–H and O–H groups in total. The Hall–Kier alpha value is -1.53. The van der Waals surface area contributed by atoms with Gasteiger partial charge < -0.3 is 10.6 Å². The van der Waals surface area contributed by atoms with Crippen molar-refractivity contribution in [3.8, 4) is 0 Å². The normalized spacial score (nSPS) is 10.6. The molecule has 6 heteroatoms. The predicted molar refractivity (Wildman–Crippen MR) is 81.8 cm³/mol. The second-order valence-corrected chi connectivity index (χ2v) is 5.35. The fourth-order valence-electron chi connectivity index (χ4n) is 1.71. The molecule has 110 valence electrons. The summed E-state index contributed by atoms with van der Waals surface area (Å²) in [4.78, 5) is 15.9. The highest BCUT2D eigenvalue weighted by atomic mass is 32.1. The van der Waals surface area contributed by atoms with E-state index in [1.807, 2.05) is 11.9 Å². The highest BCUT2D eigenvalue weighted by Crippen LogP contribution is 2.05. The summed E-state index contributed by atoms with van der Waals surface area (Å²) in [7, 11) is 3.58. The summed E-state index contributed by atoms with van der Waals surface area (Å²) in [5.74, 6) is -0.254. The predicted octanol–water partition coefficient (Wildman–Crippen LogP) is 1.39. The zero-order chi connectivity index (χ0) is 15.1. The molecule has 0 saturated carbocycles. The molecule has 0 radical (unpaired) electrons. The molecule has 1 aromatic carbocycles. The molecular weight excluding hydrogens is 277 g/mol. The zero-order valence-corrected chi connectivity index (χ0v) is 12.6. The van der Waals surface area contributed by atoms with Crippen LogP contribution >= 0.6 is 12.2 Å². The van der Waals surface area contributed by atoms with Crippen molar-refractivity contribution in [2.24, 2.45) is 5.73 Å². The maximum absolute atomic E-state index is 12.8. The largest absolute Gasteiger partial charge is 0.393 e. The van der Waals surface area contributed by atoms with Crippen molar-refractivity contribution >= 4 is 23.1 Å². The molecule has 0 heterocycles. The standard InChI is InChI=1S/C14H20FN3OS/c1-17(9-11-3-5-12(15)6-4-11)10-14(19)18(2)8-7-13(16)20/h3-6H,7-10H2,1-2H3,(H2,16,20). The Kier molecular flexibility index (Phi) is 6.54. The average molecular weight is 297 g/mol. The van der Waals surface area contributed by atoms with E-state index in [1.54, 1.807) is 24.1 Å². The maximum atomic E-state index is 12.8. The fourth-order valence-corrected chi connectivity index (χ4v) is 1.80. The van der Waals surface area contributed by atoms with Crippen molar-refractivity contribution < 1.29 is 9.18 Å². The second kappa shape index (κ2) is 7.91. The molecule has 0 spiro atoms. The highest BCUT2D eigenvalue weighted by Gasteiger charge is 2.12. The van der Waals surface area contributed by atoms with E-state index in [0.29, 0.717) is 31.0 Å². The average Bonchev–Trinajstić information content (AvgIpc) is 2.38. The lowest BCUT2D eigenvalue weighted by Gasteiger charge is -2.21. The first kappa shape index (κ1) is 16.5. The maximum Gasteiger partial charge on any atom is 0.236 e. The number of benzene rings is 1. The Labute approximate surface area is 124 Å². The molecule has 1 rings (SSSR count). The molecule has 0 bridgehead atoms. The quantitative estimate of drug-likeness (QED) is 0.773. The van der Waals surface area contributed by atoms with E-state index in [0.717, 1.165) is 5.56 Å². The Balaban J connectivity index is 2.41. The van der Waals surface area contributed by atoms with Crippen LogP contribution in [-0.2, 0) is 11.3 Å². The molecule has 0 aliphatic carbocycles. The fraction of sp³-hybridized carbons (Fsp3) is 0.429. The lowest BCUT2D eigenvalue weighted by Crippen LogP contribution is -2.37. The molecule has 0 aliphatic heterocycles. The van der Waals surface area contributed by atoms with E-state index in [2.05, 4.69) is 0 Å². The molecular formula is C14H20FN3OS. The van der Waals surface area contributed by atoms with Gasteiger partial charge in [0.15, 0.2) is 0 Å². The Bertz CT molecular complexity index is 464. The minimum Gasteiger partial charge on any atom is -0.393 e. The van der Waals surface area contributed by atoms with Gasteiger partial charge in [-0.2, -0.15) is 0 Å². The third-order valence-electron chi connectivity index (χ3n) is 2.89. The highest BCUT2D eigenvalue weighted by molar-refractivity contribution is 7.80. The number of rotatable bonds is 7. The van der Waals surface area contributed by atoms with Crippen LogP contribution in [0.1, 0.15) is 12.0 Å². The van der Waals surface area contributed by atoms with Gasteiger partial charge in [0, 0.05) is 26.6 Å². The number of hydrogen-bond donors (Lipinski definition) is 1. The first-order valence-corrected chi connectivity index (χ1v) is 6.74. The van der Waals surface area contributed by atoms with Crippen molar-refractivity contribution in [1.82, 2.24) is 9.80 Å². The van der Waals surface area contributed by atoms with Gasteiger partial charge in [-0.25, -0.2) is 4.39 Å². The van der Waals surface area contributed by atoms with Crippen LogP contribution in [0.25, 0.3) is 0 Å². The summed E-state index contributed by atoms with van der Waals surface area (Å²) in [6, 6.07) is 6.26. The van der Waals surface area contributed by atoms with Gasteiger partial charge in [0.05, 0.1) is 11.5 Å². The topological polar surface area (TPSA) is 49.6 Å². The molecule has 0 aliphatic rings. The number of amides is 1. The molecule has 0 saturated heterocycles. The summed E-state index contributed by atoms with van der Waals surface area (Å²) < 4.78 is 12.8. The second-order valence-electron chi connectivity index (χ2n) is 4.83. The summed E-state index contributed by atoms with van der Waals surface area (Å²) in [5, 5.41) is 0. The van der Waals surface area contributed by atoms with E-state index in [-0.39, 0.29) is 11.7 Å². The van der Waals surface area contributed by atoms with Gasteiger partial charge in [-0.05, 0) is 24.7 Å². The third-order valence-corrected chi connectivity index (χ3v) is 3.09. The molecule has 0 aromatic heterocycles. The third kappa shape index (κ3) is 6.08. The number of likely N-dealkylation sites (N-methyl/N-ethyl adjacent to an activating group) is 2. The van der Waals surface area contributed by atoms with Crippen LogP contribution in [0.5, 0.6) is 0 Å². The summed E-state index contributed by atoms with van der Waals surface area (Å²) >= 11 is 4.78. The van der Waals surface area contributed by atoms with Gasteiger partial charge in [-0.1, -0.05) is 24.4 Å². The minimum absolute atomic E-state index is 0.00543. The Morgan fingerprint density at radius 3 is 2.45 bits per heavy atom. The van der Waals surface area contributed by atoms with E-state index in [4.69, 9.17) is 18.0 Å². The number of hydrogen-bond acceptors (Lipinski definition) is 3. The van der Waals surface area contributed by atoms with Gasteiger partial charge in [0.25, 0.3) is 0 Å². The number of carbonyl (C=O) groups is 1. The first-order valence-electron chi connectivity index (χ1n) is 6.33. The molecule has 0 unspecified atom stereocenters.